The van der Waals surface area contributed by atoms with Crippen LogP contribution in [0.15, 0.2) is 48.5 Å². The van der Waals surface area contributed by atoms with Crippen LogP contribution in [0.1, 0.15) is 24.5 Å². The molecule has 0 aliphatic carbocycles. The fourth-order valence-corrected chi connectivity index (χ4v) is 3.60. The fourth-order valence-electron chi connectivity index (χ4n) is 3.60. The highest BCUT2D eigenvalue weighted by atomic mass is 19.4. The molecule has 0 radical (unpaired) electrons. The van der Waals surface area contributed by atoms with Crippen LogP contribution in [-0.4, -0.2) is 62.5 Å². The minimum Gasteiger partial charge on any atom is -0.493 e. The molecule has 2 aromatic carbocycles. The van der Waals surface area contributed by atoms with Gasteiger partial charge in [0.15, 0.2) is 11.5 Å². The number of carbonyl (C=O) groups is 2. The van der Waals surface area contributed by atoms with Gasteiger partial charge in [-0.15, -0.1) is 13.2 Å². The maximum absolute atomic E-state index is 12.6. The number of aryl methyl sites for hydroxylation is 1. The van der Waals surface area contributed by atoms with Gasteiger partial charge in [0.05, 0.1) is 20.3 Å². The minimum atomic E-state index is -4.79. The third-order valence-corrected chi connectivity index (χ3v) is 5.38. The van der Waals surface area contributed by atoms with Gasteiger partial charge < -0.3 is 28.6 Å². The average Bonchev–Trinajstić information content (AvgIpc) is 2.84. The SMILES string of the molecule is COc1cc(CCC(C)=O)ccc1OCC1CN(C(=O)/C=C/c2cccc(OC(F)(F)F)c2)CCO1. The number of alkyl halides is 3. The summed E-state index contributed by atoms with van der Waals surface area (Å²) in [6.45, 7) is 2.73. The van der Waals surface area contributed by atoms with Crippen LogP contribution in [0.3, 0.4) is 0 Å². The number of morpholine rings is 1. The lowest BCUT2D eigenvalue weighted by molar-refractivity contribution is -0.274. The van der Waals surface area contributed by atoms with Crippen LogP contribution in [0.4, 0.5) is 13.2 Å². The van der Waals surface area contributed by atoms with Crippen LogP contribution >= 0.6 is 0 Å². The number of nitrogens with zero attached hydrogens (tertiary/aromatic N) is 1. The van der Waals surface area contributed by atoms with Gasteiger partial charge in [-0.25, -0.2) is 0 Å². The molecule has 2 aromatic rings. The zero-order chi connectivity index (χ0) is 26.1. The van der Waals surface area contributed by atoms with Gasteiger partial charge in [-0.1, -0.05) is 18.2 Å². The van der Waals surface area contributed by atoms with E-state index in [1.54, 1.807) is 24.0 Å². The third-order valence-electron chi connectivity index (χ3n) is 5.38. The highest BCUT2D eigenvalue weighted by Crippen LogP contribution is 2.29. The van der Waals surface area contributed by atoms with E-state index in [4.69, 9.17) is 14.2 Å². The third kappa shape index (κ3) is 8.60. The zero-order valence-corrected chi connectivity index (χ0v) is 20.0. The summed E-state index contributed by atoms with van der Waals surface area (Å²) in [5.74, 6) is 0.527. The lowest BCUT2D eigenvalue weighted by Crippen LogP contribution is -2.47. The number of hydrogen-bond donors (Lipinski definition) is 0. The maximum atomic E-state index is 12.6. The molecule has 1 aliphatic rings. The summed E-state index contributed by atoms with van der Waals surface area (Å²) in [5, 5.41) is 0. The van der Waals surface area contributed by atoms with Crippen molar-refractivity contribution in [2.75, 3.05) is 33.4 Å². The maximum Gasteiger partial charge on any atom is 0.573 e. The predicted octanol–water partition coefficient (Wildman–Crippen LogP) is 4.44. The second-order valence-corrected chi connectivity index (χ2v) is 8.23. The Kier molecular flexibility index (Phi) is 9.35. The van der Waals surface area contributed by atoms with Crippen molar-refractivity contribution < 1.29 is 41.7 Å². The molecular formula is C26H28F3NO6. The summed E-state index contributed by atoms with van der Waals surface area (Å²) >= 11 is 0. The first-order valence-electron chi connectivity index (χ1n) is 11.4. The number of benzene rings is 2. The Bertz CT molecular complexity index is 1090. The van der Waals surface area contributed by atoms with Crippen LogP contribution in [-0.2, 0) is 20.7 Å². The van der Waals surface area contributed by atoms with E-state index in [0.29, 0.717) is 49.6 Å². The van der Waals surface area contributed by atoms with Gasteiger partial charge >= 0.3 is 6.36 Å². The molecule has 0 aromatic heterocycles. The van der Waals surface area contributed by atoms with Crippen LogP contribution in [0, 0.1) is 0 Å². The van der Waals surface area contributed by atoms with E-state index in [-0.39, 0.29) is 30.2 Å². The molecule has 0 saturated carbocycles. The summed E-state index contributed by atoms with van der Waals surface area (Å²) in [6, 6.07) is 10.9. The van der Waals surface area contributed by atoms with Crippen molar-refractivity contribution in [2.45, 2.75) is 32.2 Å². The minimum absolute atomic E-state index is 0.113. The molecule has 1 fully saturated rings. The normalized spacial score (nSPS) is 16.1. The first-order valence-corrected chi connectivity index (χ1v) is 11.4. The summed E-state index contributed by atoms with van der Waals surface area (Å²) < 4.78 is 58.2. The number of ketones is 1. The van der Waals surface area contributed by atoms with Crippen LogP contribution in [0.25, 0.3) is 6.08 Å². The van der Waals surface area contributed by atoms with Gasteiger partial charge in [0.2, 0.25) is 5.91 Å². The number of Topliss-reactive ketones (excluding diaryl/α,β-unsaturated/α-hetero) is 1. The van der Waals surface area contributed by atoms with E-state index in [1.165, 1.54) is 37.5 Å². The first-order chi connectivity index (χ1) is 17.1. The molecule has 1 unspecified atom stereocenters. The number of hydrogen-bond acceptors (Lipinski definition) is 6. The Labute approximate surface area is 207 Å². The largest absolute Gasteiger partial charge is 0.573 e. The molecule has 10 heteroatoms. The van der Waals surface area contributed by atoms with Gasteiger partial charge in [0.1, 0.15) is 24.2 Å². The van der Waals surface area contributed by atoms with Gasteiger partial charge in [0, 0.05) is 19.0 Å². The second kappa shape index (κ2) is 12.4. The molecule has 36 heavy (non-hydrogen) atoms. The molecule has 1 amide bonds. The Balaban J connectivity index is 1.55. The van der Waals surface area contributed by atoms with Gasteiger partial charge in [-0.2, -0.15) is 0 Å². The Morgan fingerprint density at radius 3 is 2.69 bits per heavy atom. The van der Waals surface area contributed by atoms with Crippen molar-refractivity contribution >= 4 is 17.8 Å². The van der Waals surface area contributed by atoms with Crippen molar-refractivity contribution in [3.8, 4) is 17.2 Å². The quantitative estimate of drug-likeness (QED) is 0.443. The molecule has 7 nitrogen and oxygen atoms in total. The van der Waals surface area contributed by atoms with Gasteiger partial charge in [0.25, 0.3) is 0 Å². The molecular weight excluding hydrogens is 479 g/mol. The molecule has 0 bridgehead atoms. The zero-order valence-electron chi connectivity index (χ0n) is 20.0. The standard InChI is InChI=1S/C26H28F3NO6/c1-18(31)6-7-20-8-10-23(24(15-20)33-2)35-17-22-16-30(12-13-34-22)25(32)11-9-19-4-3-5-21(14-19)36-26(27,28)29/h3-5,8-11,14-15,22H,6-7,12-13,16-17H2,1-2H3/b11-9+. The molecule has 1 atom stereocenters. The van der Waals surface area contributed by atoms with E-state index in [2.05, 4.69) is 4.74 Å². The van der Waals surface area contributed by atoms with E-state index >= 15 is 0 Å². The topological polar surface area (TPSA) is 74.3 Å². The lowest BCUT2D eigenvalue weighted by Gasteiger charge is -2.32. The van der Waals surface area contributed by atoms with Crippen molar-refractivity contribution in [1.82, 2.24) is 4.90 Å². The molecule has 3 rings (SSSR count). The molecule has 0 N–H and O–H groups in total. The van der Waals surface area contributed by atoms with E-state index in [9.17, 15) is 22.8 Å². The lowest BCUT2D eigenvalue weighted by atomic mass is 10.1. The highest BCUT2D eigenvalue weighted by molar-refractivity contribution is 5.91. The summed E-state index contributed by atoms with van der Waals surface area (Å²) in [4.78, 5) is 25.4. The van der Waals surface area contributed by atoms with Crippen molar-refractivity contribution in [2.24, 2.45) is 0 Å². The number of halogens is 3. The second-order valence-electron chi connectivity index (χ2n) is 8.23. The van der Waals surface area contributed by atoms with Crippen LogP contribution < -0.4 is 14.2 Å². The first kappa shape index (κ1) is 27.1. The van der Waals surface area contributed by atoms with Crippen molar-refractivity contribution in [3.05, 3.63) is 59.7 Å². The Morgan fingerprint density at radius 1 is 1.17 bits per heavy atom. The smallest absolute Gasteiger partial charge is 0.493 e. The van der Waals surface area contributed by atoms with Crippen molar-refractivity contribution in [1.29, 1.82) is 0 Å². The molecule has 1 saturated heterocycles. The van der Waals surface area contributed by atoms with E-state index in [0.717, 1.165) is 5.56 Å². The van der Waals surface area contributed by atoms with Gasteiger partial charge in [-0.05, 0) is 54.8 Å². The molecule has 1 heterocycles. The summed E-state index contributed by atoms with van der Waals surface area (Å²) in [5.41, 5.74) is 1.36. The highest BCUT2D eigenvalue weighted by Gasteiger charge is 2.31. The molecule has 1 aliphatic heterocycles. The van der Waals surface area contributed by atoms with Gasteiger partial charge in [-0.3, -0.25) is 4.79 Å². The van der Waals surface area contributed by atoms with E-state index < -0.39 is 6.36 Å². The number of amides is 1. The average molecular weight is 508 g/mol. The van der Waals surface area contributed by atoms with Crippen molar-refractivity contribution in [3.63, 3.8) is 0 Å². The number of rotatable bonds is 10. The monoisotopic (exact) mass is 507 g/mol. The van der Waals surface area contributed by atoms with Crippen LogP contribution in [0.5, 0.6) is 17.2 Å². The number of methoxy groups -OCH3 is 1. The molecule has 0 spiro atoms. The summed E-state index contributed by atoms with van der Waals surface area (Å²) in [7, 11) is 1.53. The Hall–Kier alpha value is -3.53. The molecule has 194 valence electrons. The fraction of sp³-hybridized carbons (Fsp3) is 0.385. The number of ether oxygens (including phenoxy) is 4. The Morgan fingerprint density at radius 2 is 1.97 bits per heavy atom. The van der Waals surface area contributed by atoms with Crippen LogP contribution in [0.2, 0.25) is 0 Å². The summed E-state index contributed by atoms with van der Waals surface area (Å²) in [6.07, 6.45) is -1.36. The number of carbonyl (C=O) groups excluding carboxylic acids is 2. The predicted molar refractivity (Wildman–Crippen MR) is 126 cm³/mol. The van der Waals surface area contributed by atoms with E-state index in [1.807, 2.05) is 12.1 Å².